The number of nitrogens with one attached hydrogen (secondary N) is 1. The van der Waals surface area contributed by atoms with Crippen LogP contribution in [0.15, 0.2) is 12.1 Å². The van der Waals surface area contributed by atoms with E-state index in [2.05, 4.69) is 5.32 Å². The third kappa shape index (κ3) is 3.60. The lowest BCUT2D eigenvalue weighted by Crippen LogP contribution is -2.45. The number of hydrogen-bond donors (Lipinski definition) is 1. The zero-order chi connectivity index (χ0) is 15.4. The fraction of sp³-hybridized carbons (Fsp3) is 0.500. The SMILES string of the molecule is COC(=O)C1CCCN1C(=O)CNC(=O)c1ccc(C)s1. The van der Waals surface area contributed by atoms with Gasteiger partial charge in [-0.25, -0.2) is 4.79 Å². The number of hydrogen-bond acceptors (Lipinski definition) is 5. The molecule has 7 heteroatoms. The van der Waals surface area contributed by atoms with E-state index in [1.165, 1.54) is 23.3 Å². The Labute approximate surface area is 127 Å². The van der Waals surface area contributed by atoms with Crippen LogP contribution in [0.4, 0.5) is 0 Å². The van der Waals surface area contributed by atoms with Crippen LogP contribution in [-0.2, 0) is 14.3 Å². The van der Waals surface area contributed by atoms with Gasteiger partial charge in [0, 0.05) is 11.4 Å². The van der Waals surface area contributed by atoms with Crippen LogP contribution in [0.25, 0.3) is 0 Å². The maximum Gasteiger partial charge on any atom is 0.328 e. The molecule has 0 spiro atoms. The lowest BCUT2D eigenvalue weighted by atomic mass is 10.2. The quantitative estimate of drug-likeness (QED) is 0.840. The van der Waals surface area contributed by atoms with Crippen molar-refractivity contribution in [3.63, 3.8) is 0 Å². The van der Waals surface area contributed by atoms with E-state index < -0.39 is 12.0 Å². The Morgan fingerprint density at radius 2 is 2.19 bits per heavy atom. The maximum absolute atomic E-state index is 12.1. The minimum absolute atomic E-state index is 0.108. The molecule has 0 saturated carbocycles. The summed E-state index contributed by atoms with van der Waals surface area (Å²) in [6.45, 7) is 2.33. The second kappa shape index (κ2) is 6.71. The number of nitrogens with zero attached hydrogens (tertiary/aromatic N) is 1. The monoisotopic (exact) mass is 310 g/mol. The van der Waals surface area contributed by atoms with Crippen molar-refractivity contribution in [1.82, 2.24) is 10.2 Å². The lowest BCUT2D eigenvalue weighted by Gasteiger charge is -2.22. The molecule has 2 heterocycles. The first-order valence-electron chi connectivity index (χ1n) is 6.75. The van der Waals surface area contributed by atoms with Gasteiger partial charge in [0.05, 0.1) is 18.5 Å². The Hall–Kier alpha value is -1.89. The highest BCUT2D eigenvalue weighted by molar-refractivity contribution is 7.13. The molecule has 21 heavy (non-hydrogen) atoms. The van der Waals surface area contributed by atoms with E-state index >= 15 is 0 Å². The van der Waals surface area contributed by atoms with E-state index in [4.69, 9.17) is 4.74 Å². The Bertz CT molecular complexity index is 555. The number of esters is 1. The molecule has 2 rings (SSSR count). The molecule has 1 atom stereocenters. The summed E-state index contributed by atoms with van der Waals surface area (Å²) in [6.07, 6.45) is 1.38. The molecule has 114 valence electrons. The van der Waals surface area contributed by atoms with Crippen LogP contribution in [0.5, 0.6) is 0 Å². The van der Waals surface area contributed by atoms with Crippen LogP contribution in [0.3, 0.4) is 0 Å². The van der Waals surface area contributed by atoms with Crippen molar-refractivity contribution >= 4 is 29.1 Å². The second-order valence-corrected chi connectivity index (χ2v) is 6.15. The number of carbonyl (C=O) groups is 3. The Kier molecular flexibility index (Phi) is 4.95. The van der Waals surface area contributed by atoms with E-state index in [-0.39, 0.29) is 18.4 Å². The van der Waals surface area contributed by atoms with Crippen LogP contribution >= 0.6 is 11.3 Å². The van der Waals surface area contributed by atoms with Gasteiger partial charge in [0.15, 0.2) is 0 Å². The lowest BCUT2D eigenvalue weighted by molar-refractivity contribution is -0.150. The standard InChI is InChI=1S/C14H18N2O4S/c1-9-5-6-11(21-9)13(18)15-8-12(17)16-7-3-4-10(16)14(19)20-2/h5-6,10H,3-4,7-8H2,1-2H3,(H,15,18). The fourth-order valence-corrected chi connectivity index (χ4v) is 3.13. The van der Waals surface area contributed by atoms with E-state index in [0.717, 1.165) is 11.3 Å². The number of aryl methyl sites for hydroxylation is 1. The van der Waals surface area contributed by atoms with Gasteiger partial charge in [-0.1, -0.05) is 0 Å². The van der Waals surface area contributed by atoms with Crippen LogP contribution in [0.2, 0.25) is 0 Å². The summed E-state index contributed by atoms with van der Waals surface area (Å²) >= 11 is 1.38. The maximum atomic E-state index is 12.1. The van der Waals surface area contributed by atoms with Gasteiger partial charge in [-0.05, 0) is 31.9 Å². The van der Waals surface area contributed by atoms with Crippen LogP contribution in [0.1, 0.15) is 27.4 Å². The molecule has 6 nitrogen and oxygen atoms in total. The number of methoxy groups -OCH3 is 1. The summed E-state index contributed by atoms with van der Waals surface area (Å²) in [5.74, 6) is -0.930. The summed E-state index contributed by atoms with van der Waals surface area (Å²) in [7, 11) is 1.31. The molecule has 1 aromatic rings. The highest BCUT2D eigenvalue weighted by Gasteiger charge is 2.34. The van der Waals surface area contributed by atoms with Gasteiger partial charge in [0.25, 0.3) is 5.91 Å². The average molecular weight is 310 g/mol. The Balaban J connectivity index is 1.89. The molecule has 1 unspecified atom stereocenters. The predicted octanol–water partition coefficient (Wildman–Crippen LogP) is 0.950. The van der Waals surface area contributed by atoms with Crippen molar-refractivity contribution in [1.29, 1.82) is 0 Å². The van der Waals surface area contributed by atoms with E-state index in [1.807, 2.05) is 13.0 Å². The number of rotatable bonds is 4. The summed E-state index contributed by atoms with van der Waals surface area (Å²) in [5, 5.41) is 2.59. The topological polar surface area (TPSA) is 75.7 Å². The number of carbonyl (C=O) groups excluding carboxylic acids is 3. The van der Waals surface area contributed by atoms with Crippen molar-refractivity contribution in [3.8, 4) is 0 Å². The smallest absolute Gasteiger partial charge is 0.328 e. The molecule has 0 bridgehead atoms. The normalized spacial score (nSPS) is 17.6. The third-order valence-electron chi connectivity index (χ3n) is 3.41. The fourth-order valence-electron chi connectivity index (χ4n) is 2.35. The van der Waals surface area contributed by atoms with Crippen molar-refractivity contribution < 1.29 is 19.1 Å². The summed E-state index contributed by atoms with van der Waals surface area (Å²) in [4.78, 5) is 38.7. The third-order valence-corrected chi connectivity index (χ3v) is 4.41. The van der Waals surface area contributed by atoms with Gasteiger partial charge < -0.3 is 15.0 Å². The Morgan fingerprint density at radius 1 is 1.43 bits per heavy atom. The molecule has 0 aromatic carbocycles. The predicted molar refractivity (Wildman–Crippen MR) is 78.1 cm³/mol. The summed E-state index contributed by atoms with van der Waals surface area (Å²) < 4.78 is 4.69. The number of likely N-dealkylation sites (tertiary alicyclic amines) is 1. The van der Waals surface area contributed by atoms with Crippen LogP contribution < -0.4 is 5.32 Å². The first kappa shape index (κ1) is 15.5. The molecular weight excluding hydrogens is 292 g/mol. The molecular formula is C14H18N2O4S. The average Bonchev–Trinajstić information content (AvgIpc) is 3.12. The molecule has 1 saturated heterocycles. The highest BCUT2D eigenvalue weighted by Crippen LogP contribution is 2.18. The molecule has 0 radical (unpaired) electrons. The van der Waals surface area contributed by atoms with Crippen molar-refractivity contribution in [2.24, 2.45) is 0 Å². The van der Waals surface area contributed by atoms with Gasteiger partial charge in [0.2, 0.25) is 5.91 Å². The first-order chi connectivity index (χ1) is 10.0. The highest BCUT2D eigenvalue weighted by atomic mass is 32.1. The molecule has 0 aliphatic carbocycles. The van der Waals surface area contributed by atoms with E-state index in [0.29, 0.717) is 17.8 Å². The van der Waals surface area contributed by atoms with Crippen LogP contribution in [-0.4, -0.2) is 48.9 Å². The Morgan fingerprint density at radius 3 is 2.81 bits per heavy atom. The number of thiophene rings is 1. The molecule has 1 N–H and O–H groups in total. The van der Waals surface area contributed by atoms with Crippen LogP contribution in [0, 0.1) is 6.92 Å². The van der Waals surface area contributed by atoms with Crippen molar-refractivity contribution in [3.05, 3.63) is 21.9 Å². The number of amides is 2. The number of ether oxygens (including phenoxy) is 1. The van der Waals surface area contributed by atoms with Gasteiger partial charge >= 0.3 is 5.97 Å². The van der Waals surface area contributed by atoms with E-state index in [1.54, 1.807) is 6.07 Å². The molecule has 1 aromatic heterocycles. The largest absolute Gasteiger partial charge is 0.467 e. The van der Waals surface area contributed by atoms with Gasteiger partial charge in [-0.3, -0.25) is 9.59 Å². The minimum Gasteiger partial charge on any atom is -0.467 e. The minimum atomic E-state index is -0.525. The zero-order valence-electron chi connectivity index (χ0n) is 12.0. The summed E-state index contributed by atoms with van der Waals surface area (Å²) in [6, 6.07) is 3.06. The van der Waals surface area contributed by atoms with Crippen molar-refractivity contribution in [2.75, 3.05) is 20.2 Å². The van der Waals surface area contributed by atoms with E-state index in [9.17, 15) is 14.4 Å². The molecule has 2 amide bonds. The van der Waals surface area contributed by atoms with Gasteiger partial charge in [-0.2, -0.15) is 0 Å². The molecule has 1 aliphatic rings. The van der Waals surface area contributed by atoms with Gasteiger partial charge in [0.1, 0.15) is 6.04 Å². The summed E-state index contributed by atoms with van der Waals surface area (Å²) in [5.41, 5.74) is 0. The first-order valence-corrected chi connectivity index (χ1v) is 7.56. The van der Waals surface area contributed by atoms with Gasteiger partial charge in [-0.15, -0.1) is 11.3 Å². The zero-order valence-corrected chi connectivity index (χ0v) is 12.9. The second-order valence-electron chi connectivity index (χ2n) is 4.86. The van der Waals surface area contributed by atoms with Crippen molar-refractivity contribution in [2.45, 2.75) is 25.8 Å². The molecule has 1 aliphatic heterocycles. The molecule has 1 fully saturated rings.